The van der Waals surface area contributed by atoms with Crippen LogP contribution >= 0.6 is 11.3 Å². The van der Waals surface area contributed by atoms with Crippen LogP contribution in [-0.4, -0.2) is 4.57 Å². The highest BCUT2D eigenvalue weighted by Gasteiger charge is 2.25. The van der Waals surface area contributed by atoms with Gasteiger partial charge in [-0.2, -0.15) is 0 Å². The summed E-state index contributed by atoms with van der Waals surface area (Å²) >= 11 is 1.85. The molecule has 0 unspecified atom stereocenters. The molecular formula is C46H28N2OS. The molecule has 4 heteroatoms. The molecule has 0 saturated heterocycles. The molecule has 0 saturated carbocycles. The number of furan rings is 1. The molecule has 0 N–H and O–H groups in total. The molecule has 0 atom stereocenters. The summed E-state index contributed by atoms with van der Waals surface area (Å²) in [5.41, 5.74) is 8.66. The van der Waals surface area contributed by atoms with Crippen molar-refractivity contribution in [3.63, 3.8) is 0 Å². The smallest absolute Gasteiger partial charge is 0.145 e. The molecule has 0 amide bonds. The average molecular weight is 657 g/mol. The highest BCUT2D eigenvalue weighted by atomic mass is 32.1. The van der Waals surface area contributed by atoms with Gasteiger partial charge in [0.1, 0.15) is 11.2 Å². The predicted molar refractivity (Wildman–Crippen MR) is 213 cm³/mol. The Hall–Kier alpha value is -6.36. The molecule has 11 aromatic rings. The lowest BCUT2D eigenvalue weighted by Crippen LogP contribution is -2.11. The van der Waals surface area contributed by atoms with Crippen molar-refractivity contribution < 1.29 is 4.42 Å². The summed E-state index contributed by atoms with van der Waals surface area (Å²) in [6, 6.07) is 61.2. The van der Waals surface area contributed by atoms with Crippen molar-refractivity contribution in [2.24, 2.45) is 0 Å². The van der Waals surface area contributed by atoms with E-state index < -0.39 is 0 Å². The highest BCUT2D eigenvalue weighted by Crippen LogP contribution is 2.50. The first-order valence-corrected chi connectivity index (χ1v) is 17.8. The normalized spacial score (nSPS) is 12.0. The van der Waals surface area contributed by atoms with Crippen molar-refractivity contribution in [2.45, 2.75) is 0 Å². The van der Waals surface area contributed by atoms with Crippen LogP contribution in [0.5, 0.6) is 0 Å². The SMILES string of the molecule is c1ccc(-n2c3ccccc3c3cc(N(c4cccc5sc6ccccc6c45)c4cc5ccccc5c5oc6ccccc6c45)ccc32)cc1. The van der Waals surface area contributed by atoms with E-state index in [1.165, 1.54) is 42.0 Å². The van der Waals surface area contributed by atoms with Crippen LogP contribution < -0.4 is 4.90 Å². The van der Waals surface area contributed by atoms with Crippen LogP contribution in [0.1, 0.15) is 0 Å². The van der Waals surface area contributed by atoms with Gasteiger partial charge in [-0.05, 0) is 72.1 Å². The first-order chi connectivity index (χ1) is 24.8. The zero-order valence-electron chi connectivity index (χ0n) is 26.9. The van der Waals surface area contributed by atoms with E-state index in [9.17, 15) is 0 Å². The number of benzene rings is 8. The standard InChI is InChI=1S/C46H28N2OS/c1-2-14-30(15-3-1)47-37-20-9-6-17-33(37)36-28-31(25-26-38(36)47)48(39-21-12-24-43-44(39)35-19-8-11-23-42(35)50-43)40-27-29-13-4-5-16-32(29)46-45(40)34-18-7-10-22-41(34)49-46/h1-28H. The number of rotatable bonds is 4. The highest BCUT2D eigenvalue weighted by molar-refractivity contribution is 7.26. The number of nitrogens with zero attached hydrogens (tertiary/aromatic N) is 2. The fourth-order valence-electron chi connectivity index (χ4n) is 8.02. The summed E-state index contributed by atoms with van der Waals surface area (Å²) in [4.78, 5) is 2.48. The number of para-hydroxylation sites is 3. The van der Waals surface area contributed by atoms with E-state index in [0.29, 0.717) is 0 Å². The minimum Gasteiger partial charge on any atom is -0.455 e. The van der Waals surface area contributed by atoms with Gasteiger partial charge in [0.05, 0.1) is 27.8 Å². The van der Waals surface area contributed by atoms with E-state index in [2.05, 4.69) is 179 Å². The summed E-state index contributed by atoms with van der Waals surface area (Å²) in [5.74, 6) is 0. The molecule has 3 aromatic heterocycles. The van der Waals surface area contributed by atoms with Gasteiger partial charge in [0.15, 0.2) is 0 Å². The van der Waals surface area contributed by atoms with E-state index in [1.54, 1.807) is 0 Å². The Kier molecular flexibility index (Phi) is 5.83. The summed E-state index contributed by atoms with van der Waals surface area (Å²) in [6.45, 7) is 0. The minimum absolute atomic E-state index is 0.889. The molecule has 50 heavy (non-hydrogen) atoms. The van der Waals surface area contributed by atoms with Crippen molar-refractivity contribution >= 4 is 103 Å². The van der Waals surface area contributed by atoms with E-state index in [1.807, 2.05) is 11.3 Å². The molecule has 8 aromatic carbocycles. The average Bonchev–Trinajstić information content (AvgIpc) is 3.86. The molecule has 0 aliphatic rings. The van der Waals surface area contributed by atoms with Gasteiger partial charge in [-0.1, -0.05) is 103 Å². The Morgan fingerprint density at radius 2 is 1.16 bits per heavy atom. The lowest BCUT2D eigenvalue weighted by molar-refractivity contribution is 0.672. The molecule has 234 valence electrons. The minimum atomic E-state index is 0.889. The maximum absolute atomic E-state index is 6.72. The van der Waals surface area contributed by atoms with Gasteiger partial charge in [-0.15, -0.1) is 11.3 Å². The Bertz CT molecular complexity index is 3110. The van der Waals surface area contributed by atoms with Crippen molar-refractivity contribution in [1.82, 2.24) is 4.57 Å². The van der Waals surface area contributed by atoms with Gasteiger partial charge in [-0.3, -0.25) is 0 Å². The van der Waals surface area contributed by atoms with Crippen molar-refractivity contribution in [3.05, 3.63) is 170 Å². The Morgan fingerprint density at radius 1 is 0.460 bits per heavy atom. The van der Waals surface area contributed by atoms with Crippen molar-refractivity contribution in [1.29, 1.82) is 0 Å². The molecule has 0 aliphatic heterocycles. The van der Waals surface area contributed by atoms with Gasteiger partial charge < -0.3 is 13.9 Å². The summed E-state index contributed by atoms with van der Waals surface area (Å²) < 4.78 is 11.7. The molecule has 0 bridgehead atoms. The molecule has 0 aliphatic carbocycles. The van der Waals surface area contributed by atoms with Gasteiger partial charge in [-0.25, -0.2) is 0 Å². The Balaban J connectivity index is 1.29. The maximum Gasteiger partial charge on any atom is 0.145 e. The number of aromatic nitrogens is 1. The molecule has 11 rings (SSSR count). The van der Waals surface area contributed by atoms with E-state index in [-0.39, 0.29) is 0 Å². The number of fused-ring (bicyclic) bond motifs is 11. The topological polar surface area (TPSA) is 21.3 Å². The molecule has 0 radical (unpaired) electrons. The lowest BCUT2D eigenvalue weighted by Gasteiger charge is -2.28. The number of hydrogen-bond acceptors (Lipinski definition) is 3. The van der Waals surface area contributed by atoms with Crippen molar-refractivity contribution in [3.8, 4) is 5.69 Å². The molecule has 0 spiro atoms. The van der Waals surface area contributed by atoms with Gasteiger partial charge in [0, 0.05) is 53.1 Å². The van der Waals surface area contributed by atoms with Crippen LogP contribution in [0.2, 0.25) is 0 Å². The first-order valence-electron chi connectivity index (χ1n) is 16.9. The predicted octanol–water partition coefficient (Wildman–Crippen LogP) is 13.7. The zero-order chi connectivity index (χ0) is 32.8. The van der Waals surface area contributed by atoms with E-state index >= 15 is 0 Å². The number of thiophene rings is 1. The first kappa shape index (κ1) is 27.6. The second-order valence-electron chi connectivity index (χ2n) is 12.9. The van der Waals surface area contributed by atoms with Crippen LogP contribution in [0.25, 0.3) is 80.4 Å². The second-order valence-corrected chi connectivity index (χ2v) is 14.0. The fraction of sp³-hybridized carbons (Fsp3) is 0. The van der Waals surface area contributed by atoms with Crippen LogP contribution in [-0.2, 0) is 0 Å². The van der Waals surface area contributed by atoms with Crippen LogP contribution in [0, 0.1) is 0 Å². The molecule has 3 nitrogen and oxygen atoms in total. The Labute approximate surface area is 291 Å². The molecule has 0 fully saturated rings. The molecule has 3 heterocycles. The third-order valence-corrected chi connectivity index (χ3v) is 11.3. The maximum atomic E-state index is 6.72. The van der Waals surface area contributed by atoms with E-state index in [0.717, 1.165) is 55.5 Å². The van der Waals surface area contributed by atoms with Gasteiger partial charge in [0.2, 0.25) is 0 Å². The summed E-state index contributed by atoms with van der Waals surface area (Å²) in [6.07, 6.45) is 0. The van der Waals surface area contributed by atoms with Crippen LogP contribution in [0.3, 0.4) is 0 Å². The molecular weight excluding hydrogens is 629 g/mol. The Morgan fingerprint density at radius 3 is 2.06 bits per heavy atom. The van der Waals surface area contributed by atoms with Gasteiger partial charge in [0.25, 0.3) is 0 Å². The van der Waals surface area contributed by atoms with Crippen molar-refractivity contribution in [2.75, 3.05) is 4.90 Å². The largest absolute Gasteiger partial charge is 0.455 e. The summed E-state index contributed by atoms with van der Waals surface area (Å²) in [7, 11) is 0. The third kappa shape index (κ3) is 3.91. The second kappa shape index (κ2) is 10.6. The zero-order valence-corrected chi connectivity index (χ0v) is 27.7. The quantitative estimate of drug-likeness (QED) is 0.188. The third-order valence-electron chi connectivity index (χ3n) is 10.1. The number of anilines is 3. The summed E-state index contributed by atoms with van der Waals surface area (Å²) in [5, 5.41) is 9.44. The van der Waals surface area contributed by atoms with Gasteiger partial charge >= 0.3 is 0 Å². The lowest BCUT2D eigenvalue weighted by atomic mass is 10.0. The van der Waals surface area contributed by atoms with Crippen LogP contribution in [0.15, 0.2) is 174 Å². The fourth-order valence-corrected chi connectivity index (χ4v) is 9.15. The number of hydrogen-bond donors (Lipinski definition) is 0. The monoisotopic (exact) mass is 656 g/mol. The van der Waals surface area contributed by atoms with Crippen LogP contribution in [0.4, 0.5) is 17.1 Å². The van der Waals surface area contributed by atoms with E-state index in [4.69, 9.17) is 4.42 Å².